The van der Waals surface area contributed by atoms with Crippen molar-refractivity contribution in [3.8, 4) is 0 Å². The second-order valence-electron chi connectivity index (χ2n) is 3.76. The molecule has 11 heavy (non-hydrogen) atoms. The van der Waals surface area contributed by atoms with Gasteiger partial charge in [-0.25, -0.2) is 0 Å². The number of hydrogen-bond acceptors (Lipinski definition) is 2. The van der Waals surface area contributed by atoms with E-state index in [0.717, 1.165) is 24.9 Å². The summed E-state index contributed by atoms with van der Waals surface area (Å²) in [4.78, 5) is 10.2. The predicted octanol–water partition coefficient (Wildman–Crippen LogP) is 1.79. The molecule has 1 aliphatic heterocycles. The lowest BCUT2D eigenvalue weighted by atomic mass is 9.82. The molecule has 3 heteroatoms. The Kier molecular flexibility index (Phi) is 1.80. The average Bonchev–Trinajstić information content (AvgIpc) is 2.46. The smallest absolute Gasteiger partial charge is 0.0524 e. The molecule has 2 fully saturated rings. The van der Waals surface area contributed by atoms with Gasteiger partial charge in [0.25, 0.3) is 0 Å². The van der Waals surface area contributed by atoms with Crippen LogP contribution in [0.5, 0.6) is 0 Å². The summed E-state index contributed by atoms with van der Waals surface area (Å²) in [7, 11) is 0. The second-order valence-corrected chi connectivity index (χ2v) is 3.76. The van der Waals surface area contributed by atoms with E-state index < -0.39 is 0 Å². The molecule has 0 N–H and O–H groups in total. The van der Waals surface area contributed by atoms with Crippen LogP contribution in [-0.2, 0) is 0 Å². The Morgan fingerprint density at radius 3 is 2.09 bits per heavy atom. The Labute approximate surface area is 66.7 Å². The van der Waals surface area contributed by atoms with Crippen LogP contribution in [0.4, 0.5) is 0 Å². The first-order chi connectivity index (χ1) is 5.40. The number of nitroso groups, excluding NO2 is 1. The molecule has 0 bridgehead atoms. The fourth-order valence-corrected chi connectivity index (χ4v) is 2.45. The standard InChI is InChI=1S/C8H14N2O/c11-9-10-5-7-3-1-2-4-8(7)6-10/h7-8H,1-6H2/t7-,8-/m1/s1. The van der Waals surface area contributed by atoms with E-state index in [1.807, 2.05) is 0 Å². The summed E-state index contributed by atoms with van der Waals surface area (Å²) in [6, 6.07) is 0. The van der Waals surface area contributed by atoms with Gasteiger partial charge in [0.2, 0.25) is 0 Å². The Morgan fingerprint density at radius 2 is 1.64 bits per heavy atom. The van der Waals surface area contributed by atoms with Crippen molar-refractivity contribution in [2.75, 3.05) is 13.1 Å². The maximum Gasteiger partial charge on any atom is 0.0524 e. The normalized spacial score (nSPS) is 36.9. The third kappa shape index (κ3) is 1.24. The van der Waals surface area contributed by atoms with Crippen LogP contribution < -0.4 is 0 Å². The highest BCUT2D eigenvalue weighted by molar-refractivity contribution is 4.84. The first kappa shape index (κ1) is 7.07. The number of hydrogen-bond donors (Lipinski definition) is 0. The zero-order chi connectivity index (χ0) is 7.68. The molecule has 2 aliphatic rings. The van der Waals surface area contributed by atoms with Crippen molar-refractivity contribution in [1.29, 1.82) is 0 Å². The van der Waals surface area contributed by atoms with Crippen LogP contribution in [0.2, 0.25) is 0 Å². The zero-order valence-corrected chi connectivity index (χ0v) is 6.70. The van der Waals surface area contributed by atoms with Crippen LogP contribution in [0.1, 0.15) is 25.7 Å². The van der Waals surface area contributed by atoms with Crippen molar-refractivity contribution in [2.45, 2.75) is 25.7 Å². The molecule has 0 aromatic heterocycles. The average molecular weight is 154 g/mol. The van der Waals surface area contributed by atoms with E-state index in [4.69, 9.17) is 0 Å². The lowest BCUT2D eigenvalue weighted by Crippen LogP contribution is -2.16. The van der Waals surface area contributed by atoms with Crippen molar-refractivity contribution in [3.63, 3.8) is 0 Å². The third-order valence-corrected chi connectivity index (χ3v) is 3.07. The quantitative estimate of drug-likeness (QED) is 0.539. The van der Waals surface area contributed by atoms with Gasteiger partial charge in [-0.2, -0.15) is 0 Å². The van der Waals surface area contributed by atoms with Gasteiger partial charge in [-0.15, -0.1) is 4.91 Å². The number of fused-ring (bicyclic) bond motifs is 1. The van der Waals surface area contributed by atoms with E-state index in [2.05, 4.69) is 5.29 Å². The highest BCUT2D eigenvalue weighted by atomic mass is 16.3. The van der Waals surface area contributed by atoms with Gasteiger partial charge in [-0.1, -0.05) is 12.8 Å². The van der Waals surface area contributed by atoms with Crippen LogP contribution in [0, 0.1) is 16.7 Å². The van der Waals surface area contributed by atoms with Crippen molar-refractivity contribution in [2.24, 2.45) is 17.1 Å². The van der Waals surface area contributed by atoms with E-state index in [1.165, 1.54) is 25.7 Å². The van der Waals surface area contributed by atoms with Crippen LogP contribution in [0.25, 0.3) is 0 Å². The van der Waals surface area contributed by atoms with E-state index in [0.29, 0.717) is 0 Å². The largest absolute Gasteiger partial charge is 0.260 e. The van der Waals surface area contributed by atoms with Crippen molar-refractivity contribution < 1.29 is 0 Å². The van der Waals surface area contributed by atoms with Crippen LogP contribution in [-0.4, -0.2) is 18.1 Å². The van der Waals surface area contributed by atoms with Gasteiger partial charge in [0.05, 0.1) is 5.29 Å². The van der Waals surface area contributed by atoms with Crippen LogP contribution in [0.15, 0.2) is 5.29 Å². The van der Waals surface area contributed by atoms with Gasteiger partial charge in [0, 0.05) is 13.1 Å². The first-order valence-electron chi connectivity index (χ1n) is 4.48. The second kappa shape index (κ2) is 2.80. The van der Waals surface area contributed by atoms with Crippen LogP contribution >= 0.6 is 0 Å². The molecule has 1 heterocycles. The summed E-state index contributed by atoms with van der Waals surface area (Å²) < 4.78 is 0. The van der Waals surface area contributed by atoms with E-state index in [9.17, 15) is 4.91 Å². The minimum absolute atomic E-state index is 0.779. The minimum Gasteiger partial charge on any atom is -0.260 e. The van der Waals surface area contributed by atoms with E-state index in [-0.39, 0.29) is 0 Å². The maximum atomic E-state index is 10.2. The summed E-state index contributed by atoms with van der Waals surface area (Å²) in [5.41, 5.74) is 0. The summed E-state index contributed by atoms with van der Waals surface area (Å²) in [6.45, 7) is 1.85. The monoisotopic (exact) mass is 154 g/mol. The lowest BCUT2D eigenvalue weighted by Gasteiger charge is -2.22. The SMILES string of the molecule is O=NN1C[C@H]2CCCC[C@@H]2C1. The molecule has 0 aromatic rings. The Balaban J connectivity index is 1.97. The molecule has 0 aromatic carbocycles. The third-order valence-electron chi connectivity index (χ3n) is 3.07. The molecule has 1 aliphatic carbocycles. The lowest BCUT2D eigenvalue weighted by molar-refractivity contribution is 0.299. The van der Waals surface area contributed by atoms with Gasteiger partial charge in [-0.05, 0) is 24.7 Å². The maximum absolute atomic E-state index is 10.2. The summed E-state index contributed by atoms with van der Waals surface area (Å²) in [6.07, 6.45) is 5.34. The van der Waals surface area contributed by atoms with Gasteiger partial charge < -0.3 is 0 Å². The number of rotatable bonds is 1. The van der Waals surface area contributed by atoms with E-state index >= 15 is 0 Å². The molecule has 0 unspecified atom stereocenters. The summed E-state index contributed by atoms with van der Waals surface area (Å²) in [5.74, 6) is 1.56. The molecule has 0 amide bonds. The topological polar surface area (TPSA) is 32.7 Å². The molecule has 62 valence electrons. The fourth-order valence-electron chi connectivity index (χ4n) is 2.45. The predicted molar refractivity (Wildman–Crippen MR) is 42.8 cm³/mol. The highest BCUT2D eigenvalue weighted by Gasteiger charge is 2.34. The van der Waals surface area contributed by atoms with E-state index in [1.54, 1.807) is 5.01 Å². The molecule has 1 saturated heterocycles. The van der Waals surface area contributed by atoms with Gasteiger partial charge in [-0.3, -0.25) is 5.01 Å². The molecule has 2 rings (SSSR count). The van der Waals surface area contributed by atoms with Crippen molar-refractivity contribution in [1.82, 2.24) is 5.01 Å². The highest BCUT2D eigenvalue weighted by Crippen LogP contribution is 2.35. The molecule has 0 spiro atoms. The molecule has 1 saturated carbocycles. The first-order valence-corrected chi connectivity index (χ1v) is 4.48. The van der Waals surface area contributed by atoms with Gasteiger partial charge >= 0.3 is 0 Å². The Hall–Kier alpha value is -0.600. The zero-order valence-electron chi connectivity index (χ0n) is 6.70. The number of nitrogens with zero attached hydrogens (tertiary/aromatic N) is 2. The molecular formula is C8H14N2O. The van der Waals surface area contributed by atoms with Crippen LogP contribution in [0.3, 0.4) is 0 Å². The summed E-state index contributed by atoms with van der Waals surface area (Å²) in [5, 5.41) is 4.69. The Morgan fingerprint density at radius 1 is 1.09 bits per heavy atom. The van der Waals surface area contributed by atoms with Gasteiger partial charge in [0.1, 0.15) is 0 Å². The molecular weight excluding hydrogens is 140 g/mol. The van der Waals surface area contributed by atoms with Gasteiger partial charge in [0.15, 0.2) is 0 Å². The summed E-state index contributed by atoms with van der Waals surface area (Å²) >= 11 is 0. The van der Waals surface area contributed by atoms with Crippen molar-refractivity contribution >= 4 is 0 Å². The Bertz CT molecular complexity index is 146. The molecule has 0 radical (unpaired) electrons. The molecule has 2 atom stereocenters. The van der Waals surface area contributed by atoms with Crippen molar-refractivity contribution in [3.05, 3.63) is 4.91 Å². The minimum atomic E-state index is 0.779. The molecule has 3 nitrogen and oxygen atoms in total. The fraction of sp³-hybridized carbons (Fsp3) is 1.00.